The Balaban J connectivity index is 1.57. The van der Waals surface area contributed by atoms with Crippen molar-refractivity contribution in [3.8, 4) is 0 Å². The summed E-state index contributed by atoms with van der Waals surface area (Å²) in [6, 6.07) is 19.9. The SMILES string of the molecule is CSc1cccc(NC(=O)NC[C@H](c2cccnc2)c2cn(C)c3ccccc23)c1. The van der Waals surface area contributed by atoms with E-state index in [-0.39, 0.29) is 11.9 Å². The monoisotopic (exact) mass is 416 g/mol. The molecule has 2 heterocycles. The Morgan fingerprint density at radius 3 is 2.80 bits per heavy atom. The Morgan fingerprint density at radius 1 is 1.13 bits per heavy atom. The van der Waals surface area contributed by atoms with Crippen LogP contribution in [0.25, 0.3) is 10.9 Å². The number of carbonyl (C=O) groups excluding carboxylic acids is 1. The average molecular weight is 417 g/mol. The lowest BCUT2D eigenvalue weighted by atomic mass is 9.92. The van der Waals surface area contributed by atoms with E-state index in [0.29, 0.717) is 6.54 Å². The number of amides is 2. The Morgan fingerprint density at radius 2 is 2.00 bits per heavy atom. The second-order valence-electron chi connectivity index (χ2n) is 7.12. The van der Waals surface area contributed by atoms with Crippen molar-refractivity contribution in [3.63, 3.8) is 0 Å². The maximum atomic E-state index is 12.6. The number of aryl methyl sites for hydroxylation is 1. The molecule has 2 amide bonds. The van der Waals surface area contributed by atoms with Crippen molar-refractivity contribution < 1.29 is 4.79 Å². The number of nitrogens with one attached hydrogen (secondary N) is 2. The average Bonchev–Trinajstić information content (AvgIpc) is 3.11. The second kappa shape index (κ2) is 9.05. The van der Waals surface area contributed by atoms with Crippen molar-refractivity contribution in [2.75, 3.05) is 18.1 Å². The van der Waals surface area contributed by atoms with E-state index in [0.717, 1.165) is 16.1 Å². The summed E-state index contributed by atoms with van der Waals surface area (Å²) < 4.78 is 2.13. The lowest BCUT2D eigenvalue weighted by Gasteiger charge is -2.18. The Bertz CT molecular complexity index is 1160. The highest BCUT2D eigenvalue weighted by Crippen LogP contribution is 2.31. The molecule has 0 aliphatic carbocycles. The van der Waals surface area contributed by atoms with Crippen LogP contribution in [0.3, 0.4) is 0 Å². The van der Waals surface area contributed by atoms with E-state index >= 15 is 0 Å². The molecule has 2 aromatic carbocycles. The number of urea groups is 1. The Hall–Kier alpha value is -3.25. The highest BCUT2D eigenvalue weighted by molar-refractivity contribution is 7.98. The molecule has 4 rings (SSSR count). The molecular formula is C24H24N4OS. The summed E-state index contributed by atoms with van der Waals surface area (Å²) in [5, 5.41) is 7.16. The minimum Gasteiger partial charge on any atom is -0.350 e. The number of carbonyl (C=O) groups is 1. The lowest BCUT2D eigenvalue weighted by Crippen LogP contribution is -2.32. The summed E-state index contributed by atoms with van der Waals surface area (Å²) in [6.07, 6.45) is 7.79. The fourth-order valence-electron chi connectivity index (χ4n) is 3.71. The van der Waals surface area contributed by atoms with Crippen molar-refractivity contribution in [3.05, 3.63) is 90.4 Å². The van der Waals surface area contributed by atoms with Crippen LogP contribution >= 0.6 is 11.8 Å². The van der Waals surface area contributed by atoms with Gasteiger partial charge in [-0.3, -0.25) is 4.98 Å². The van der Waals surface area contributed by atoms with Gasteiger partial charge in [0, 0.05) is 59.6 Å². The van der Waals surface area contributed by atoms with Crippen LogP contribution in [0, 0.1) is 0 Å². The summed E-state index contributed by atoms with van der Waals surface area (Å²) in [6.45, 7) is 0.466. The quantitative estimate of drug-likeness (QED) is 0.422. The van der Waals surface area contributed by atoms with Gasteiger partial charge in [0.2, 0.25) is 0 Å². The summed E-state index contributed by atoms with van der Waals surface area (Å²) in [5.74, 6) is -0.00641. The minimum absolute atomic E-state index is 0.00641. The van der Waals surface area contributed by atoms with Crippen molar-refractivity contribution in [2.24, 2.45) is 7.05 Å². The third kappa shape index (κ3) is 4.33. The van der Waals surface area contributed by atoms with Gasteiger partial charge in [-0.1, -0.05) is 30.3 Å². The van der Waals surface area contributed by atoms with Crippen LogP contribution in [0.5, 0.6) is 0 Å². The van der Waals surface area contributed by atoms with Crippen LogP contribution in [0.2, 0.25) is 0 Å². The van der Waals surface area contributed by atoms with Gasteiger partial charge in [-0.2, -0.15) is 0 Å². The molecule has 0 unspecified atom stereocenters. The molecule has 2 N–H and O–H groups in total. The van der Waals surface area contributed by atoms with Crippen molar-refractivity contribution >= 4 is 34.4 Å². The Kier molecular flexibility index (Phi) is 6.05. The standard InChI is InChI=1S/C24H24N4OS/c1-28-16-22(20-10-3-4-11-23(20)28)21(17-7-6-12-25-14-17)15-26-24(29)27-18-8-5-9-19(13-18)30-2/h3-14,16,21H,15H2,1-2H3,(H2,26,27,29)/t21-/m1/s1. The van der Waals surface area contributed by atoms with Gasteiger partial charge in [-0.25, -0.2) is 4.79 Å². The van der Waals surface area contributed by atoms with Crippen LogP contribution in [0.1, 0.15) is 17.0 Å². The van der Waals surface area contributed by atoms with E-state index in [1.807, 2.05) is 62.0 Å². The first-order valence-electron chi connectivity index (χ1n) is 9.78. The topological polar surface area (TPSA) is 59.0 Å². The zero-order valence-corrected chi connectivity index (χ0v) is 17.8. The van der Waals surface area contributed by atoms with Gasteiger partial charge in [-0.05, 0) is 47.7 Å². The molecule has 0 aliphatic heterocycles. The number of rotatable bonds is 6. The predicted octanol–water partition coefficient (Wildman–Crippen LogP) is 5.25. The molecule has 0 fully saturated rings. The number of pyridine rings is 1. The molecule has 2 aromatic heterocycles. The van der Waals surface area contributed by atoms with E-state index in [4.69, 9.17) is 0 Å². The second-order valence-corrected chi connectivity index (χ2v) is 8.00. The zero-order chi connectivity index (χ0) is 20.9. The number of fused-ring (bicyclic) bond motifs is 1. The molecule has 0 saturated carbocycles. The van der Waals surface area contributed by atoms with E-state index in [2.05, 4.69) is 44.6 Å². The molecule has 4 aromatic rings. The molecule has 6 heteroatoms. The van der Waals surface area contributed by atoms with Crippen molar-refractivity contribution in [1.82, 2.24) is 14.9 Å². The fourth-order valence-corrected chi connectivity index (χ4v) is 4.17. The summed E-state index contributed by atoms with van der Waals surface area (Å²) in [4.78, 5) is 18.0. The summed E-state index contributed by atoms with van der Waals surface area (Å²) >= 11 is 1.65. The molecular weight excluding hydrogens is 392 g/mol. The summed E-state index contributed by atoms with van der Waals surface area (Å²) in [7, 11) is 2.05. The number of benzene rings is 2. The zero-order valence-electron chi connectivity index (χ0n) is 17.0. The molecule has 152 valence electrons. The van der Waals surface area contributed by atoms with Gasteiger partial charge in [0.15, 0.2) is 0 Å². The van der Waals surface area contributed by atoms with E-state index < -0.39 is 0 Å². The first kappa shape index (κ1) is 20.0. The summed E-state index contributed by atoms with van der Waals surface area (Å²) in [5.41, 5.74) is 4.19. The van der Waals surface area contributed by atoms with E-state index in [1.54, 1.807) is 18.0 Å². The van der Waals surface area contributed by atoms with Gasteiger partial charge in [-0.15, -0.1) is 11.8 Å². The molecule has 30 heavy (non-hydrogen) atoms. The number of thioether (sulfide) groups is 1. The number of aromatic nitrogens is 2. The van der Waals surface area contributed by atoms with Crippen LogP contribution in [0.15, 0.2) is 84.1 Å². The Labute approximate surface area is 180 Å². The number of nitrogens with zero attached hydrogens (tertiary/aromatic N) is 2. The van der Waals surface area contributed by atoms with E-state index in [9.17, 15) is 4.79 Å². The van der Waals surface area contributed by atoms with Crippen molar-refractivity contribution in [2.45, 2.75) is 10.8 Å². The van der Waals surface area contributed by atoms with Crippen LogP contribution in [-0.4, -0.2) is 28.4 Å². The number of para-hydroxylation sites is 1. The molecule has 0 bridgehead atoms. The maximum Gasteiger partial charge on any atom is 0.319 e. The fraction of sp³-hybridized carbons (Fsp3) is 0.167. The van der Waals surface area contributed by atoms with Gasteiger partial charge >= 0.3 is 6.03 Å². The highest BCUT2D eigenvalue weighted by Gasteiger charge is 2.20. The lowest BCUT2D eigenvalue weighted by molar-refractivity contribution is 0.252. The van der Waals surface area contributed by atoms with Crippen LogP contribution in [0.4, 0.5) is 10.5 Å². The van der Waals surface area contributed by atoms with Gasteiger partial charge in [0.05, 0.1) is 0 Å². The molecule has 5 nitrogen and oxygen atoms in total. The largest absolute Gasteiger partial charge is 0.350 e. The first-order chi connectivity index (χ1) is 14.7. The third-order valence-electron chi connectivity index (χ3n) is 5.18. The maximum absolute atomic E-state index is 12.6. The van der Waals surface area contributed by atoms with E-state index in [1.165, 1.54) is 16.5 Å². The predicted molar refractivity (Wildman–Crippen MR) is 124 cm³/mol. The highest BCUT2D eigenvalue weighted by atomic mass is 32.2. The number of hydrogen-bond acceptors (Lipinski definition) is 3. The van der Waals surface area contributed by atoms with Crippen molar-refractivity contribution in [1.29, 1.82) is 0 Å². The molecule has 0 saturated heterocycles. The molecule has 0 spiro atoms. The molecule has 0 radical (unpaired) electrons. The van der Waals surface area contributed by atoms with Gasteiger partial charge in [0.25, 0.3) is 0 Å². The minimum atomic E-state index is -0.220. The normalized spacial score (nSPS) is 11.9. The van der Waals surface area contributed by atoms with Gasteiger partial charge in [0.1, 0.15) is 0 Å². The van der Waals surface area contributed by atoms with Crippen LogP contribution < -0.4 is 10.6 Å². The molecule has 1 atom stereocenters. The smallest absolute Gasteiger partial charge is 0.319 e. The van der Waals surface area contributed by atoms with Crippen LogP contribution in [-0.2, 0) is 7.05 Å². The third-order valence-corrected chi connectivity index (χ3v) is 5.91. The van der Waals surface area contributed by atoms with Gasteiger partial charge < -0.3 is 15.2 Å². The number of hydrogen-bond donors (Lipinski definition) is 2. The first-order valence-corrected chi connectivity index (χ1v) is 11.0. The molecule has 0 aliphatic rings. The number of anilines is 1.